The number of piperidine rings is 1. The van der Waals surface area contributed by atoms with Crippen LogP contribution in [0.25, 0.3) is 16.6 Å². The minimum absolute atomic E-state index is 0.0375. The molecule has 0 aliphatic carbocycles. The van der Waals surface area contributed by atoms with Gasteiger partial charge in [0, 0.05) is 107 Å². The fraction of sp³-hybridized carbons (Fsp3) is 0.370. The van der Waals surface area contributed by atoms with E-state index in [-0.39, 0.29) is 55.4 Å². The number of alkyl halides is 1. The molecule has 15 nitrogen and oxygen atoms in total. The summed E-state index contributed by atoms with van der Waals surface area (Å²) in [6.45, 7) is 11.9. The number of pyridine rings is 1. The first-order chi connectivity index (χ1) is 30.5. The Morgan fingerprint density at radius 3 is 2.38 bits per heavy atom. The van der Waals surface area contributed by atoms with E-state index in [9.17, 15) is 28.1 Å². The third-order valence-corrected chi connectivity index (χ3v) is 13.3. The van der Waals surface area contributed by atoms with Crippen LogP contribution in [0, 0.1) is 16.0 Å². The van der Waals surface area contributed by atoms with Gasteiger partial charge in [0.2, 0.25) is 5.91 Å². The average molecular weight is 915 g/mol. The number of benzene rings is 3. The van der Waals surface area contributed by atoms with Gasteiger partial charge in [-0.25, -0.2) is 22.5 Å². The summed E-state index contributed by atoms with van der Waals surface area (Å²) in [6.07, 6.45) is 4.24. The highest BCUT2D eigenvalue weighted by Crippen LogP contribution is 2.35. The Kier molecular flexibility index (Phi) is 13.9. The zero-order valence-electron chi connectivity index (χ0n) is 36.2. The number of nitrogens with one attached hydrogen (secondary N) is 3. The Morgan fingerprint density at radius 2 is 1.70 bits per heavy atom. The molecule has 0 saturated carbocycles. The highest BCUT2D eigenvalue weighted by atomic mass is 35.5. The third-order valence-electron chi connectivity index (χ3n) is 11.7. The van der Waals surface area contributed by atoms with Gasteiger partial charge in [-0.15, -0.1) is 0 Å². The number of hydrogen-bond donors (Lipinski definition) is 3. The first-order valence-electron chi connectivity index (χ1n) is 21.2. The average Bonchev–Trinajstić information content (AvgIpc) is 3.73. The van der Waals surface area contributed by atoms with Gasteiger partial charge in [-0.05, 0) is 78.9 Å². The van der Waals surface area contributed by atoms with E-state index < -0.39 is 37.1 Å². The van der Waals surface area contributed by atoms with Crippen molar-refractivity contribution in [2.45, 2.75) is 57.5 Å². The fourth-order valence-corrected chi connectivity index (χ4v) is 9.25. The Balaban J connectivity index is 1.08. The maximum Gasteiger partial charge on any atom is 0.293 e. The number of hydrogen-bond acceptors (Lipinski definition) is 11. The standard InChI is InChI=1S/C46H52ClFN8O7S/c1-30(2)23-40(33-5-7-35(47)8-6-33)31(3)28-53-19-21-55(22-20-53)36-9-11-39(43(25-36)63-37-24-34-13-16-49-44(34)50-27-37)45(58)52-64(61,62)38-10-12-41(42(26-38)56(59)60)51-29-46(48)14-17-54(18-15-46)32(4)57/h5-13,16,24-27,30,51H,14-15,17-23,28-29H2,1-4H3,(H,49,50)(H,52,58)/b40-31-. The second-order valence-electron chi connectivity index (χ2n) is 16.9. The van der Waals surface area contributed by atoms with Crippen molar-refractivity contribution in [2.75, 3.05) is 62.6 Å². The van der Waals surface area contributed by atoms with E-state index >= 15 is 4.39 Å². The molecule has 2 saturated heterocycles. The number of nitro benzene ring substituents is 1. The summed E-state index contributed by atoms with van der Waals surface area (Å²) in [5.41, 5.74) is 2.63. The number of aromatic nitrogens is 2. The molecule has 0 spiro atoms. The van der Waals surface area contributed by atoms with E-state index in [1.54, 1.807) is 24.4 Å². The van der Waals surface area contributed by atoms with Crippen LogP contribution in [0.3, 0.4) is 0 Å². The molecule has 338 valence electrons. The van der Waals surface area contributed by atoms with Crippen LogP contribution in [0.15, 0.2) is 95.7 Å². The Morgan fingerprint density at radius 1 is 0.984 bits per heavy atom. The molecule has 5 aromatic rings. The van der Waals surface area contributed by atoms with Gasteiger partial charge in [-0.2, -0.15) is 0 Å². The SMILES string of the molecule is CC(=O)N1CCC(F)(CNc2ccc(S(=O)(=O)NC(=O)c3ccc(N4CCN(C/C(C)=C(/CC(C)C)c5ccc(Cl)cc5)CC4)cc3Oc3cnc4[nH]ccc4c3)cc2[N+](=O)[O-])CC1. The summed E-state index contributed by atoms with van der Waals surface area (Å²) < 4.78 is 51.3. The number of halogens is 2. The van der Waals surface area contributed by atoms with Gasteiger partial charge < -0.3 is 24.8 Å². The minimum atomic E-state index is -4.67. The second kappa shape index (κ2) is 19.4. The Hall–Kier alpha value is -6.04. The van der Waals surface area contributed by atoms with Crippen LogP contribution in [0.5, 0.6) is 11.5 Å². The van der Waals surface area contributed by atoms with Crippen molar-refractivity contribution in [3.05, 3.63) is 117 Å². The van der Waals surface area contributed by atoms with Crippen molar-refractivity contribution in [3.63, 3.8) is 0 Å². The van der Waals surface area contributed by atoms with Crippen LogP contribution in [0.1, 0.15) is 62.9 Å². The monoisotopic (exact) mass is 914 g/mol. The molecular formula is C46H52ClFN8O7S. The number of nitro groups is 1. The molecule has 0 atom stereocenters. The number of H-pyrrole nitrogens is 1. The molecule has 64 heavy (non-hydrogen) atoms. The summed E-state index contributed by atoms with van der Waals surface area (Å²) in [7, 11) is -4.67. The molecule has 18 heteroatoms. The van der Waals surface area contributed by atoms with Gasteiger partial charge in [0.25, 0.3) is 21.6 Å². The van der Waals surface area contributed by atoms with Gasteiger partial charge in [0.15, 0.2) is 0 Å². The van der Waals surface area contributed by atoms with Gasteiger partial charge in [0.1, 0.15) is 28.5 Å². The van der Waals surface area contributed by atoms with E-state index in [1.807, 2.05) is 18.2 Å². The van der Waals surface area contributed by atoms with Crippen molar-refractivity contribution < 1.29 is 32.1 Å². The number of carbonyl (C=O) groups is 2. The van der Waals surface area contributed by atoms with Crippen molar-refractivity contribution in [1.82, 2.24) is 24.5 Å². The molecule has 4 heterocycles. The number of ether oxygens (including phenoxy) is 1. The first kappa shape index (κ1) is 46.0. The predicted octanol–water partition coefficient (Wildman–Crippen LogP) is 8.44. The van der Waals surface area contributed by atoms with Crippen molar-refractivity contribution in [3.8, 4) is 11.5 Å². The van der Waals surface area contributed by atoms with Gasteiger partial charge in [-0.1, -0.05) is 43.2 Å². The number of amides is 2. The zero-order valence-corrected chi connectivity index (χ0v) is 37.8. The van der Waals surface area contributed by atoms with Crippen molar-refractivity contribution in [2.24, 2.45) is 5.92 Å². The Labute approximate surface area is 376 Å². The molecule has 2 aliphatic rings. The molecule has 0 radical (unpaired) electrons. The second-order valence-corrected chi connectivity index (χ2v) is 19.0. The number of rotatable bonds is 15. The number of anilines is 2. The van der Waals surface area contributed by atoms with E-state index in [0.29, 0.717) is 35.4 Å². The topological polar surface area (TPSA) is 183 Å². The molecule has 3 aromatic carbocycles. The van der Waals surface area contributed by atoms with Crippen molar-refractivity contribution in [1.29, 1.82) is 0 Å². The van der Waals surface area contributed by atoms with Crippen LogP contribution in [-0.4, -0.2) is 103 Å². The highest BCUT2D eigenvalue weighted by Gasteiger charge is 2.36. The lowest BCUT2D eigenvalue weighted by atomic mass is 9.92. The molecule has 0 unspecified atom stereocenters. The maximum absolute atomic E-state index is 15.6. The number of carbonyl (C=O) groups excluding carboxylic acids is 2. The summed E-state index contributed by atoms with van der Waals surface area (Å²) in [5, 5.41) is 16.4. The van der Waals surface area contributed by atoms with Crippen LogP contribution < -0.4 is 19.7 Å². The fourth-order valence-electron chi connectivity index (χ4n) is 8.14. The van der Waals surface area contributed by atoms with Crippen LogP contribution in [0.2, 0.25) is 5.02 Å². The molecular weight excluding hydrogens is 863 g/mol. The number of allylic oxidation sites excluding steroid dienone is 1. The lowest BCUT2D eigenvalue weighted by Gasteiger charge is -2.37. The smallest absolute Gasteiger partial charge is 0.293 e. The van der Waals surface area contributed by atoms with Gasteiger partial charge >= 0.3 is 0 Å². The minimum Gasteiger partial charge on any atom is -0.455 e. The predicted molar refractivity (Wildman–Crippen MR) is 246 cm³/mol. The lowest BCUT2D eigenvalue weighted by molar-refractivity contribution is -0.384. The highest BCUT2D eigenvalue weighted by molar-refractivity contribution is 7.90. The number of aromatic amines is 1. The number of sulfonamides is 1. The largest absolute Gasteiger partial charge is 0.455 e. The van der Waals surface area contributed by atoms with Crippen LogP contribution >= 0.6 is 11.6 Å². The molecule has 2 aliphatic heterocycles. The lowest BCUT2D eigenvalue weighted by Crippen LogP contribution is -2.47. The molecule has 0 bridgehead atoms. The molecule has 2 aromatic heterocycles. The van der Waals surface area contributed by atoms with Gasteiger partial charge in [-0.3, -0.25) is 24.6 Å². The Bertz CT molecular complexity index is 2680. The summed E-state index contributed by atoms with van der Waals surface area (Å²) in [4.78, 5) is 50.0. The van der Waals surface area contributed by atoms with Gasteiger partial charge in [0.05, 0.1) is 21.6 Å². The first-order valence-corrected chi connectivity index (χ1v) is 23.0. The number of fused-ring (bicyclic) bond motifs is 1. The van der Waals surface area contributed by atoms with E-state index in [1.165, 1.54) is 46.9 Å². The van der Waals surface area contributed by atoms with Crippen molar-refractivity contribution >= 4 is 67.1 Å². The molecule has 7 rings (SSSR count). The quantitative estimate of drug-likeness (QED) is 0.0677. The van der Waals surface area contributed by atoms with E-state index in [2.05, 4.69) is 62.7 Å². The van der Waals surface area contributed by atoms with Crippen LogP contribution in [0.4, 0.5) is 21.5 Å². The number of likely N-dealkylation sites (tertiary alicyclic amines) is 1. The normalized spacial score (nSPS) is 16.1. The molecule has 2 amide bonds. The summed E-state index contributed by atoms with van der Waals surface area (Å²) in [5.74, 6) is -0.326. The van der Waals surface area contributed by atoms with Crippen LogP contribution in [-0.2, 0) is 14.8 Å². The summed E-state index contributed by atoms with van der Waals surface area (Å²) in [6, 6.07) is 19.6. The molecule has 3 N–H and O–H groups in total. The van der Waals surface area contributed by atoms with E-state index in [4.69, 9.17) is 16.3 Å². The number of piperazine rings is 1. The maximum atomic E-state index is 15.6. The number of nitrogens with zero attached hydrogens (tertiary/aromatic N) is 5. The van der Waals surface area contributed by atoms with E-state index in [0.717, 1.165) is 49.3 Å². The zero-order chi connectivity index (χ0) is 45.8. The third kappa shape index (κ3) is 11.0. The summed E-state index contributed by atoms with van der Waals surface area (Å²) >= 11 is 6.20. The molecule has 2 fully saturated rings.